The summed E-state index contributed by atoms with van der Waals surface area (Å²) in [6.45, 7) is 6.52. The standard InChI is InChI=1S/C13H20N2OS/c1-13(2,3)17-8-11-14-10-7-5-4-6-9(10)12(16)15-11/h4-8H2,1-3H3,(H,14,15,16). The third kappa shape index (κ3) is 3.35. The molecule has 1 aliphatic rings. The van der Waals surface area contributed by atoms with Crippen molar-refractivity contribution in [3.05, 3.63) is 27.4 Å². The number of nitrogens with zero attached hydrogens (tertiary/aromatic N) is 1. The summed E-state index contributed by atoms with van der Waals surface area (Å²) in [5, 5.41) is 0. The Morgan fingerprint density at radius 1 is 1.29 bits per heavy atom. The largest absolute Gasteiger partial charge is 0.310 e. The van der Waals surface area contributed by atoms with Crippen LogP contribution in [0.1, 0.15) is 50.7 Å². The SMILES string of the molecule is CC(C)(C)SCc1nc2c(c(=O)[nH]1)CCCC2. The van der Waals surface area contributed by atoms with Crippen LogP contribution in [0.4, 0.5) is 0 Å². The van der Waals surface area contributed by atoms with Crippen molar-refractivity contribution in [3.8, 4) is 0 Å². The summed E-state index contributed by atoms with van der Waals surface area (Å²) in [5.74, 6) is 1.61. The molecule has 0 fully saturated rings. The molecule has 0 amide bonds. The molecule has 0 atom stereocenters. The van der Waals surface area contributed by atoms with Crippen LogP contribution in [0.3, 0.4) is 0 Å². The van der Waals surface area contributed by atoms with E-state index in [1.807, 2.05) is 11.8 Å². The minimum absolute atomic E-state index is 0.0826. The highest BCUT2D eigenvalue weighted by Crippen LogP contribution is 2.26. The van der Waals surface area contributed by atoms with Crippen LogP contribution in [0.15, 0.2) is 4.79 Å². The maximum absolute atomic E-state index is 11.9. The second-order valence-electron chi connectivity index (χ2n) is 5.55. The Bertz CT molecular complexity index is 459. The van der Waals surface area contributed by atoms with E-state index in [0.29, 0.717) is 0 Å². The van der Waals surface area contributed by atoms with Crippen molar-refractivity contribution in [1.29, 1.82) is 0 Å². The molecule has 1 aliphatic carbocycles. The molecule has 0 aliphatic heterocycles. The Labute approximate surface area is 106 Å². The van der Waals surface area contributed by atoms with Gasteiger partial charge in [0.25, 0.3) is 5.56 Å². The first-order valence-electron chi connectivity index (χ1n) is 6.20. The van der Waals surface area contributed by atoms with E-state index in [9.17, 15) is 4.79 Å². The molecule has 4 heteroatoms. The van der Waals surface area contributed by atoms with Gasteiger partial charge in [0.15, 0.2) is 0 Å². The van der Waals surface area contributed by atoms with Crippen molar-refractivity contribution in [3.63, 3.8) is 0 Å². The van der Waals surface area contributed by atoms with E-state index >= 15 is 0 Å². The van der Waals surface area contributed by atoms with Gasteiger partial charge in [0.05, 0.1) is 11.4 Å². The minimum Gasteiger partial charge on any atom is -0.310 e. The molecule has 0 unspecified atom stereocenters. The van der Waals surface area contributed by atoms with E-state index in [1.165, 1.54) is 0 Å². The highest BCUT2D eigenvalue weighted by atomic mass is 32.2. The highest BCUT2D eigenvalue weighted by Gasteiger charge is 2.17. The number of thioether (sulfide) groups is 1. The molecular weight excluding hydrogens is 232 g/mol. The lowest BCUT2D eigenvalue weighted by molar-refractivity contribution is 0.650. The summed E-state index contributed by atoms with van der Waals surface area (Å²) in [7, 11) is 0. The van der Waals surface area contributed by atoms with Crippen LogP contribution in [0.25, 0.3) is 0 Å². The number of aromatic amines is 1. The molecule has 1 heterocycles. The van der Waals surface area contributed by atoms with E-state index in [4.69, 9.17) is 0 Å². The first-order valence-corrected chi connectivity index (χ1v) is 7.19. The van der Waals surface area contributed by atoms with Crippen LogP contribution in [-0.2, 0) is 18.6 Å². The van der Waals surface area contributed by atoms with Crippen molar-refractivity contribution in [1.82, 2.24) is 9.97 Å². The number of nitrogens with one attached hydrogen (secondary N) is 1. The van der Waals surface area contributed by atoms with Crippen molar-refractivity contribution in [2.24, 2.45) is 0 Å². The number of rotatable bonds is 2. The molecule has 0 saturated heterocycles. The molecule has 1 N–H and O–H groups in total. The van der Waals surface area contributed by atoms with Gasteiger partial charge < -0.3 is 4.98 Å². The van der Waals surface area contributed by atoms with E-state index in [2.05, 4.69) is 30.7 Å². The predicted molar refractivity (Wildman–Crippen MR) is 72.5 cm³/mol. The lowest BCUT2D eigenvalue weighted by Crippen LogP contribution is -2.23. The normalized spacial score (nSPS) is 15.7. The van der Waals surface area contributed by atoms with Gasteiger partial charge in [-0.3, -0.25) is 4.79 Å². The Morgan fingerprint density at radius 3 is 2.71 bits per heavy atom. The quantitative estimate of drug-likeness (QED) is 0.880. The molecule has 17 heavy (non-hydrogen) atoms. The fraction of sp³-hybridized carbons (Fsp3) is 0.692. The van der Waals surface area contributed by atoms with Crippen molar-refractivity contribution in [2.75, 3.05) is 0 Å². The first kappa shape index (κ1) is 12.7. The molecule has 1 aromatic heterocycles. The van der Waals surface area contributed by atoms with Crippen molar-refractivity contribution >= 4 is 11.8 Å². The van der Waals surface area contributed by atoms with Crippen molar-refractivity contribution in [2.45, 2.75) is 57.0 Å². The Morgan fingerprint density at radius 2 is 2.00 bits per heavy atom. The third-order valence-electron chi connectivity index (χ3n) is 2.88. The molecule has 0 radical (unpaired) electrons. The number of aryl methyl sites for hydroxylation is 1. The maximum Gasteiger partial charge on any atom is 0.254 e. The smallest absolute Gasteiger partial charge is 0.254 e. The Balaban J connectivity index is 2.20. The summed E-state index contributed by atoms with van der Waals surface area (Å²) in [6.07, 6.45) is 4.14. The lowest BCUT2D eigenvalue weighted by Gasteiger charge is -2.18. The summed E-state index contributed by atoms with van der Waals surface area (Å²) in [4.78, 5) is 19.4. The van der Waals surface area contributed by atoms with Gasteiger partial charge in [0, 0.05) is 10.3 Å². The monoisotopic (exact) mass is 252 g/mol. The van der Waals surface area contributed by atoms with Crippen molar-refractivity contribution < 1.29 is 0 Å². The van der Waals surface area contributed by atoms with E-state index in [-0.39, 0.29) is 10.3 Å². The molecular formula is C13H20N2OS. The van der Waals surface area contributed by atoms with Crippen LogP contribution >= 0.6 is 11.8 Å². The second-order valence-corrected chi connectivity index (χ2v) is 7.35. The van der Waals surface area contributed by atoms with E-state index < -0.39 is 0 Å². The number of fused-ring (bicyclic) bond motifs is 1. The zero-order chi connectivity index (χ0) is 12.5. The van der Waals surface area contributed by atoms with Crippen LogP contribution in [0, 0.1) is 0 Å². The van der Waals surface area contributed by atoms with Gasteiger partial charge in [-0.25, -0.2) is 4.98 Å². The van der Waals surface area contributed by atoms with Crippen LogP contribution in [0.5, 0.6) is 0 Å². The molecule has 3 nitrogen and oxygen atoms in total. The molecule has 1 aromatic rings. The minimum atomic E-state index is 0.0826. The van der Waals surface area contributed by atoms with Crippen LogP contribution in [-0.4, -0.2) is 14.7 Å². The maximum atomic E-state index is 11.9. The summed E-state index contributed by atoms with van der Waals surface area (Å²) < 4.78 is 0.203. The Hall–Kier alpha value is -0.770. The van der Waals surface area contributed by atoms with Crippen LogP contribution in [0.2, 0.25) is 0 Å². The molecule has 0 spiro atoms. The third-order valence-corrected chi connectivity index (χ3v) is 4.17. The predicted octanol–water partition coefficient (Wildman–Crippen LogP) is 2.68. The van der Waals surface area contributed by atoms with Gasteiger partial charge in [-0.1, -0.05) is 20.8 Å². The average Bonchev–Trinajstić information content (AvgIpc) is 2.26. The van der Waals surface area contributed by atoms with Crippen LogP contribution < -0.4 is 5.56 Å². The Kier molecular flexibility index (Phi) is 3.61. The number of aromatic nitrogens is 2. The molecule has 0 aromatic carbocycles. The summed E-state index contributed by atoms with van der Waals surface area (Å²) in [5.41, 5.74) is 2.03. The van der Waals surface area contributed by atoms with Gasteiger partial charge in [0.2, 0.25) is 0 Å². The van der Waals surface area contributed by atoms with Gasteiger partial charge in [-0.15, -0.1) is 11.8 Å². The average molecular weight is 252 g/mol. The second kappa shape index (κ2) is 4.84. The molecule has 0 bridgehead atoms. The van der Waals surface area contributed by atoms with Gasteiger partial charge >= 0.3 is 0 Å². The summed E-state index contributed by atoms with van der Waals surface area (Å²) in [6, 6.07) is 0. The molecule has 94 valence electrons. The molecule has 0 saturated carbocycles. The van der Waals surface area contributed by atoms with E-state index in [1.54, 1.807) is 0 Å². The number of hydrogen-bond acceptors (Lipinski definition) is 3. The zero-order valence-corrected chi connectivity index (χ0v) is 11.6. The fourth-order valence-corrected chi connectivity index (χ4v) is 2.71. The van der Waals surface area contributed by atoms with E-state index in [0.717, 1.165) is 48.5 Å². The first-order chi connectivity index (χ1) is 7.96. The van der Waals surface area contributed by atoms with Gasteiger partial charge in [-0.05, 0) is 25.7 Å². The zero-order valence-electron chi connectivity index (χ0n) is 10.8. The summed E-state index contributed by atoms with van der Waals surface area (Å²) >= 11 is 1.81. The highest BCUT2D eigenvalue weighted by molar-refractivity contribution is 7.99. The number of H-pyrrole nitrogens is 1. The lowest BCUT2D eigenvalue weighted by atomic mass is 9.97. The van der Waals surface area contributed by atoms with Gasteiger partial charge in [-0.2, -0.15) is 0 Å². The van der Waals surface area contributed by atoms with Gasteiger partial charge in [0.1, 0.15) is 5.82 Å². The molecule has 2 rings (SSSR count). The number of hydrogen-bond donors (Lipinski definition) is 1. The fourth-order valence-electron chi connectivity index (χ4n) is 2.01. The topological polar surface area (TPSA) is 45.8 Å².